The van der Waals surface area contributed by atoms with E-state index in [9.17, 15) is 0 Å². The van der Waals surface area contributed by atoms with E-state index in [4.69, 9.17) is 4.98 Å². The molecule has 3 nitrogen and oxygen atoms in total. The molecule has 0 unspecified atom stereocenters. The minimum atomic E-state index is 0.601. The number of nitrogens with one attached hydrogen (secondary N) is 1. The second-order valence-electron chi connectivity index (χ2n) is 5.40. The van der Waals surface area contributed by atoms with Crippen molar-refractivity contribution in [1.29, 1.82) is 0 Å². The summed E-state index contributed by atoms with van der Waals surface area (Å²) in [5.74, 6) is 1.84. The molecule has 0 amide bonds. The lowest BCUT2D eigenvalue weighted by atomic mass is 9.97. The van der Waals surface area contributed by atoms with Gasteiger partial charge in [0.05, 0.1) is 11.9 Å². The Kier molecular flexibility index (Phi) is 3.38. The van der Waals surface area contributed by atoms with E-state index in [1.807, 2.05) is 6.20 Å². The first-order chi connectivity index (χ1) is 9.27. The molecule has 2 heterocycles. The molecule has 1 aromatic heterocycles. The maximum atomic E-state index is 4.69. The molecule has 1 N–H and O–H groups in total. The molecule has 3 heteroatoms. The number of piperidine rings is 1. The number of imidazole rings is 1. The van der Waals surface area contributed by atoms with Crippen molar-refractivity contribution in [3.63, 3.8) is 0 Å². The molecule has 19 heavy (non-hydrogen) atoms. The van der Waals surface area contributed by atoms with Crippen LogP contribution in [0.3, 0.4) is 0 Å². The summed E-state index contributed by atoms with van der Waals surface area (Å²) in [6, 6.07) is 8.52. The first kappa shape index (κ1) is 12.4. The predicted octanol–water partition coefficient (Wildman–Crippen LogP) is 2.86. The second kappa shape index (κ2) is 5.17. The van der Waals surface area contributed by atoms with E-state index in [0.29, 0.717) is 5.92 Å². The molecule has 1 aliphatic rings. The second-order valence-corrected chi connectivity index (χ2v) is 5.40. The topological polar surface area (TPSA) is 29.9 Å². The van der Waals surface area contributed by atoms with Crippen molar-refractivity contribution in [2.45, 2.75) is 25.7 Å². The standard InChI is InChI=1S/C16H21N3/c1-12-5-3-4-6-14(12)15-11-18-16(19(15)2)13-7-9-17-10-8-13/h3-6,11,13,17H,7-10H2,1-2H3. The van der Waals surface area contributed by atoms with Gasteiger partial charge in [-0.2, -0.15) is 0 Å². The molecule has 2 aromatic rings. The van der Waals surface area contributed by atoms with Gasteiger partial charge in [-0.1, -0.05) is 24.3 Å². The summed E-state index contributed by atoms with van der Waals surface area (Å²) in [6.45, 7) is 4.38. The van der Waals surface area contributed by atoms with Crippen LogP contribution in [-0.4, -0.2) is 22.6 Å². The highest BCUT2D eigenvalue weighted by atomic mass is 15.1. The predicted molar refractivity (Wildman–Crippen MR) is 78.2 cm³/mol. The summed E-state index contributed by atoms with van der Waals surface area (Å²) in [6.07, 6.45) is 4.41. The molecular weight excluding hydrogens is 234 g/mol. The fourth-order valence-electron chi connectivity index (χ4n) is 2.99. The van der Waals surface area contributed by atoms with Gasteiger partial charge in [0.1, 0.15) is 5.82 Å². The van der Waals surface area contributed by atoms with Crippen LogP contribution in [0.4, 0.5) is 0 Å². The number of hydrogen-bond acceptors (Lipinski definition) is 2. The van der Waals surface area contributed by atoms with Gasteiger partial charge in [0.15, 0.2) is 0 Å². The Labute approximate surface area is 114 Å². The van der Waals surface area contributed by atoms with E-state index in [-0.39, 0.29) is 0 Å². The lowest BCUT2D eigenvalue weighted by Crippen LogP contribution is -2.27. The summed E-state index contributed by atoms with van der Waals surface area (Å²) < 4.78 is 2.28. The van der Waals surface area contributed by atoms with Gasteiger partial charge in [-0.3, -0.25) is 0 Å². The molecule has 3 rings (SSSR count). The third-order valence-electron chi connectivity index (χ3n) is 4.15. The first-order valence-corrected chi connectivity index (χ1v) is 7.05. The molecule has 1 fully saturated rings. The highest BCUT2D eigenvalue weighted by Gasteiger charge is 2.21. The molecule has 1 aliphatic heterocycles. The minimum Gasteiger partial charge on any atom is -0.331 e. The Morgan fingerprint density at radius 1 is 1.21 bits per heavy atom. The van der Waals surface area contributed by atoms with Gasteiger partial charge in [0.25, 0.3) is 0 Å². The van der Waals surface area contributed by atoms with Crippen LogP contribution >= 0.6 is 0 Å². The molecule has 0 atom stereocenters. The third-order valence-corrected chi connectivity index (χ3v) is 4.15. The fraction of sp³-hybridized carbons (Fsp3) is 0.438. The number of aromatic nitrogens is 2. The van der Waals surface area contributed by atoms with Gasteiger partial charge in [-0.15, -0.1) is 0 Å². The van der Waals surface area contributed by atoms with Gasteiger partial charge >= 0.3 is 0 Å². The molecule has 0 radical (unpaired) electrons. The molecule has 0 aliphatic carbocycles. The maximum absolute atomic E-state index is 4.69. The van der Waals surface area contributed by atoms with Crippen LogP contribution < -0.4 is 5.32 Å². The van der Waals surface area contributed by atoms with Crippen LogP contribution in [0, 0.1) is 6.92 Å². The number of hydrogen-bond donors (Lipinski definition) is 1. The SMILES string of the molecule is Cc1ccccc1-c1cnc(C2CCNCC2)n1C. The lowest BCUT2D eigenvalue weighted by molar-refractivity contribution is 0.437. The molecule has 0 bridgehead atoms. The molecule has 0 saturated carbocycles. The smallest absolute Gasteiger partial charge is 0.112 e. The Hall–Kier alpha value is -1.61. The monoisotopic (exact) mass is 255 g/mol. The Bertz CT molecular complexity index is 565. The molecular formula is C16H21N3. The van der Waals surface area contributed by atoms with E-state index in [1.54, 1.807) is 0 Å². The highest BCUT2D eigenvalue weighted by molar-refractivity contribution is 5.63. The van der Waals surface area contributed by atoms with E-state index < -0.39 is 0 Å². The number of aryl methyl sites for hydroxylation is 1. The van der Waals surface area contributed by atoms with Crippen LogP contribution in [0.15, 0.2) is 30.5 Å². The van der Waals surface area contributed by atoms with Crippen molar-refractivity contribution in [3.8, 4) is 11.3 Å². The van der Waals surface area contributed by atoms with Crippen LogP contribution in [0.25, 0.3) is 11.3 Å². The summed E-state index contributed by atoms with van der Waals surface area (Å²) in [5, 5.41) is 3.41. The van der Waals surface area contributed by atoms with Crippen molar-refractivity contribution >= 4 is 0 Å². The summed E-state index contributed by atoms with van der Waals surface area (Å²) in [4.78, 5) is 4.69. The average molecular weight is 255 g/mol. The maximum Gasteiger partial charge on any atom is 0.112 e. The zero-order chi connectivity index (χ0) is 13.2. The average Bonchev–Trinajstić information content (AvgIpc) is 2.82. The normalized spacial score (nSPS) is 16.7. The van der Waals surface area contributed by atoms with Crippen molar-refractivity contribution in [1.82, 2.24) is 14.9 Å². The van der Waals surface area contributed by atoms with E-state index in [2.05, 4.69) is 48.1 Å². The van der Waals surface area contributed by atoms with E-state index in [1.165, 1.54) is 35.5 Å². The highest BCUT2D eigenvalue weighted by Crippen LogP contribution is 2.29. The summed E-state index contributed by atoms with van der Waals surface area (Å²) >= 11 is 0. The Morgan fingerprint density at radius 2 is 1.95 bits per heavy atom. The van der Waals surface area contributed by atoms with Gasteiger partial charge in [0, 0.05) is 18.5 Å². The minimum absolute atomic E-state index is 0.601. The van der Waals surface area contributed by atoms with Crippen molar-refractivity contribution in [2.75, 3.05) is 13.1 Å². The fourth-order valence-corrected chi connectivity index (χ4v) is 2.99. The lowest BCUT2D eigenvalue weighted by Gasteiger charge is -2.22. The zero-order valence-corrected chi connectivity index (χ0v) is 11.7. The van der Waals surface area contributed by atoms with Gasteiger partial charge in [-0.05, 0) is 38.4 Å². The van der Waals surface area contributed by atoms with Crippen molar-refractivity contribution in [2.24, 2.45) is 7.05 Å². The third kappa shape index (κ3) is 2.30. The summed E-state index contributed by atoms with van der Waals surface area (Å²) in [5.41, 5.74) is 3.83. The van der Waals surface area contributed by atoms with E-state index >= 15 is 0 Å². The van der Waals surface area contributed by atoms with Gasteiger partial charge in [-0.25, -0.2) is 4.98 Å². The Morgan fingerprint density at radius 3 is 2.68 bits per heavy atom. The van der Waals surface area contributed by atoms with Crippen molar-refractivity contribution < 1.29 is 0 Å². The molecule has 100 valence electrons. The number of nitrogens with zero attached hydrogens (tertiary/aromatic N) is 2. The molecule has 1 saturated heterocycles. The molecule has 0 spiro atoms. The van der Waals surface area contributed by atoms with Crippen LogP contribution in [0.2, 0.25) is 0 Å². The van der Waals surface area contributed by atoms with Gasteiger partial charge < -0.3 is 9.88 Å². The number of rotatable bonds is 2. The summed E-state index contributed by atoms with van der Waals surface area (Å²) in [7, 11) is 2.14. The molecule has 1 aromatic carbocycles. The quantitative estimate of drug-likeness (QED) is 0.894. The zero-order valence-electron chi connectivity index (χ0n) is 11.7. The first-order valence-electron chi connectivity index (χ1n) is 7.05. The Balaban J connectivity index is 1.97. The van der Waals surface area contributed by atoms with Crippen LogP contribution in [0.5, 0.6) is 0 Å². The van der Waals surface area contributed by atoms with E-state index in [0.717, 1.165) is 13.1 Å². The van der Waals surface area contributed by atoms with Gasteiger partial charge in [0.2, 0.25) is 0 Å². The number of benzene rings is 1. The van der Waals surface area contributed by atoms with Crippen LogP contribution in [-0.2, 0) is 7.05 Å². The van der Waals surface area contributed by atoms with Crippen molar-refractivity contribution in [3.05, 3.63) is 41.9 Å². The largest absolute Gasteiger partial charge is 0.331 e. The van der Waals surface area contributed by atoms with Crippen LogP contribution in [0.1, 0.15) is 30.1 Å².